The number of amides is 1. The Hall–Kier alpha value is -2.23. The third-order valence-corrected chi connectivity index (χ3v) is 4.99. The molecule has 0 bridgehead atoms. The fourth-order valence-corrected chi connectivity index (χ4v) is 3.39. The van der Waals surface area contributed by atoms with Gasteiger partial charge in [-0.1, -0.05) is 0 Å². The number of carbonyl (C=O) groups is 1. The number of rotatable bonds is 6. The van der Waals surface area contributed by atoms with Crippen LogP contribution in [0.25, 0.3) is 11.0 Å². The molecule has 5 heteroatoms. The first-order valence-corrected chi connectivity index (χ1v) is 8.89. The van der Waals surface area contributed by atoms with Gasteiger partial charge in [-0.2, -0.15) is 0 Å². The van der Waals surface area contributed by atoms with E-state index in [4.69, 9.17) is 14.9 Å². The molecule has 112 valence electrons. The topological polar surface area (TPSA) is 65.5 Å². The molecule has 0 saturated carbocycles. The fourth-order valence-electron chi connectivity index (χ4n) is 2.04. The Labute approximate surface area is 134 Å². The Bertz CT molecular complexity index is 783. The van der Waals surface area contributed by atoms with Crippen LogP contribution in [0, 0.1) is 0 Å². The summed E-state index contributed by atoms with van der Waals surface area (Å²) in [5, 5.41) is 1.33. The minimum atomic E-state index is -0.299. The molecule has 0 aliphatic rings. The van der Waals surface area contributed by atoms with Gasteiger partial charge in [-0.15, -0.1) is 0 Å². The van der Waals surface area contributed by atoms with Crippen molar-refractivity contribution in [2.45, 2.75) is 11.9 Å². The first-order chi connectivity index (χ1) is 10.7. The van der Waals surface area contributed by atoms with Crippen molar-refractivity contribution < 1.29 is 13.9 Å². The first-order valence-electron chi connectivity index (χ1n) is 6.82. The molecule has 2 N–H and O–H groups in total. The van der Waals surface area contributed by atoms with Gasteiger partial charge < -0.3 is 0 Å². The molecule has 0 radical (unpaired) electrons. The Morgan fingerprint density at radius 2 is 1.95 bits per heavy atom. The number of furan rings is 1. The molecular weight excluding hydrogens is 345 g/mol. The third kappa shape index (κ3) is 3.70. The standard InChI is InChI=1S/C17H15NO3Se/c18-16(19)11-22-17-9-13-8-14(6-7-15(13)21-17)20-10-12-4-2-1-3-5-12/h1-9H,10-11H2,(H2,18,19). The third-order valence-electron chi connectivity index (χ3n) is 3.07. The number of nitrogens with two attached hydrogens (primary N) is 1. The Morgan fingerprint density at radius 1 is 1.14 bits per heavy atom. The number of carbonyl (C=O) groups excluding carboxylic acids is 1. The molecular formula is C17H15NO3Se. The summed E-state index contributed by atoms with van der Waals surface area (Å²) < 4.78 is 12.3. The Morgan fingerprint density at radius 3 is 2.73 bits per heavy atom. The fraction of sp³-hybridized carbons (Fsp3) is 0.118. The van der Waals surface area contributed by atoms with Gasteiger partial charge in [0.25, 0.3) is 0 Å². The van der Waals surface area contributed by atoms with Gasteiger partial charge in [0.2, 0.25) is 0 Å². The number of hydrogen-bond acceptors (Lipinski definition) is 3. The zero-order valence-electron chi connectivity index (χ0n) is 11.8. The summed E-state index contributed by atoms with van der Waals surface area (Å²) in [5.41, 5.74) is 7.09. The van der Waals surface area contributed by atoms with Crippen molar-refractivity contribution in [1.82, 2.24) is 0 Å². The van der Waals surface area contributed by atoms with E-state index in [0.29, 0.717) is 11.9 Å². The summed E-state index contributed by atoms with van der Waals surface area (Å²) >= 11 is -0.0596. The van der Waals surface area contributed by atoms with Crippen LogP contribution in [0.5, 0.6) is 5.75 Å². The molecule has 22 heavy (non-hydrogen) atoms. The molecule has 1 aromatic heterocycles. The molecule has 0 atom stereocenters. The van der Waals surface area contributed by atoms with Crippen molar-refractivity contribution in [3.05, 3.63) is 60.2 Å². The van der Waals surface area contributed by atoms with Gasteiger partial charge in [0, 0.05) is 0 Å². The average Bonchev–Trinajstić information content (AvgIpc) is 2.94. The number of ether oxygens (including phenoxy) is 1. The number of benzene rings is 2. The van der Waals surface area contributed by atoms with E-state index < -0.39 is 0 Å². The van der Waals surface area contributed by atoms with Gasteiger partial charge in [-0.05, 0) is 0 Å². The molecule has 4 nitrogen and oxygen atoms in total. The zero-order valence-corrected chi connectivity index (χ0v) is 13.5. The number of fused-ring (bicyclic) bond motifs is 1. The quantitative estimate of drug-likeness (QED) is 0.686. The van der Waals surface area contributed by atoms with Crippen molar-refractivity contribution in [2.24, 2.45) is 5.73 Å². The molecule has 0 unspecified atom stereocenters. The maximum atomic E-state index is 10.8. The number of primary amides is 1. The van der Waals surface area contributed by atoms with Crippen molar-refractivity contribution in [3.8, 4) is 5.75 Å². The van der Waals surface area contributed by atoms with Crippen LogP contribution in [0.3, 0.4) is 0 Å². The minimum absolute atomic E-state index is 0.0596. The van der Waals surface area contributed by atoms with E-state index in [0.717, 1.165) is 26.9 Å². The van der Waals surface area contributed by atoms with Crippen LogP contribution in [0.4, 0.5) is 0 Å². The zero-order chi connectivity index (χ0) is 15.4. The predicted molar refractivity (Wildman–Crippen MR) is 86.4 cm³/mol. The van der Waals surface area contributed by atoms with Gasteiger partial charge in [0.05, 0.1) is 0 Å². The summed E-state index contributed by atoms with van der Waals surface area (Å²) in [4.78, 5) is 10.8. The van der Waals surface area contributed by atoms with Gasteiger partial charge in [0.1, 0.15) is 0 Å². The molecule has 3 rings (SSSR count). The van der Waals surface area contributed by atoms with E-state index in [-0.39, 0.29) is 20.9 Å². The summed E-state index contributed by atoms with van der Waals surface area (Å²) in [7, 11) is 0. The van der Waals surface area contributed by atoms with Crippen molar-refractivity contribution in [3.63, 3.8) is 0 Å². The van der Waals surface area contributed by atoms with Gasteiger partial charge >= 0.3 is 134 Å². The van der Waals surface area contributed by atoms with Crippen LogP contribution in [-0.2, 0) is 11.4 Å². The SMILES string of the molecule is NC(=O)C[Se]c1cc2cc(OCc3ccccc3)ccc2o1. The van der Waals surface area contributed by atoms with Crippen LogP contribution in [0.1, 0.15) is 5.56 Å². The van der Waals surface area contributed by atoms with E-state index in [9.17, 15) is 4.79 Å². The number of hydrogen-bond donors (Lipinski definition) is 1. The molecule has 0 aliphatic heterocycles. The second kappa shape index (κ2) is 6.69. The molecule has 1 heterocycles. The predicted octanol–water partition coefficient (Wildman–Crippen LogP) is 2.24. The monoisotopic (exact) mass is 361 g/mol. The van der Waals surface area contributed by atoms with Crippen LogP contribution in [0.2, 0.25) is 5.32 Å². The van der Waals surface area contributed by atoms with E-state index in [1.54, 1.807) is 0 Å². The van der Waals surface area contributed by atoms with Crippen LogP contribution < -0.4 is 15.1 Å². The van der Waals surface area contributed by atoms with Crippen molar-refractivity contribution >= 4 is 36.5 Å². The maximum absolute atomic E-state index is 10.8. The van der Waals surface area contributed by atoms with Crippen LogP contribution in [0.15, 0.2) is 59.0 Å². The summed E-state index contributed by atoms with van der Waals surface area (Å²) in [6.07, 6.45) is 0. The van der Waals surface area contributed by atoms with Gasteiger partial charge in [0.15, 0.2) is 0 Å². The van der Waals surface area contributed by atoms with Crippen molar-refractivity contribution in [2.75, 3.05) is 0 Å². The second-order valence-corrected chi connectivity index (χ2v) is 6.85. The molecule has 0 aliphatic carbocycles. The van der Waals surface area contributed by atoms with E-state index in [2.05, 4.69) is 0 Å². The van der Waals surface area contributed by atoms with E-state index >= 15 is 0 Å². The molecule has 3 aromatic rings. The van der Waals surface area contributed by atoms with Crippen LogP contribution >= 0.6 is 0 Å². The Balaban J connectivity index is 1.70. The average molecular weight is 360 g/mol. The molecule has 1 amide bonds. The van der Waals surface area contributed by atoms with Crippen molar-refractivity contribution in [1.29, 1.82) is 0 Å². The molecule has 0 saturated heterocycles. The molecule has 2 aromatic carbocycles. The normalized spacial score (nSPS) is 10.7. The van der Waals surface area contributed by atoms with Gasteiger partial charge in [-0.25, -0.2) is 0 Å². The molecule has 0 fully saturated rings. The Kier molecular flexibility index (Phi) is 4.47. The molecule has 0 spiro atoms. The second-order valence-electron chi connectivity index (χ2n) is 4.79. The van der Waals surface area contributed by atoms with E-state index in [1.165, 1.54) is 0 Å². The summed E-state index contributed by atoms with van der Waals surface area (Å²) in [6.45, 7) is 0.530. The first kappa shape index (κ1) is 14.7. The van der Waals surface area contributed by atoms with Crippen LogP contribution in [-0.4, -0.2) is 20.9 Å². The summed E-state index contributed by atoms with van der Waals surface area (Å²) in [6, 6.07) is 17.7. The summed E-state index contributed by atoms with van der Waals surface area (Å²) in [5.74, 6) is 0.499. The van der Waals surface area contributed by atoms with E-state index in [1.807, 2.05) is 54.6 Å². The van der Waals surface area contributed by atoms with Gasteiger partial charge in [-0.3, -0.25) is 0 Å².